The number of nitrogens with two attached hydrogens (primary N) is 1. The van der Waals surface area contributed by atoms with Crippen LogP contribution in [0.4, 0.5) is 0 Å². The van der Waals surface area contributed by atoms with Crippen LogP contribution in [0.5, 0.6) is 0 Å². The van der Waals surface area contributed by atoms with E-state index in [4.69, 9.17) is 10.8 Å². The minimum atomic E-state index is -0.817. The first-order chi connectivity index (χ1) is 5.52. The molecule has 0 bridgehead atoms. The smallest absolute Gasteiger partial charge is 0.307 e. The molecule has 0 heterocycles. The molecule has 0 spiro atoms. The van der Waals surface area contributed by atoms with Crippen LogP contribution in [0.15, 0.2) is 12.2 Å². The summed E-state index contributed by atoms with van der Waals surface area (Å²) in [6.07, 6.45) is 4.32. The molecule has 1 unspecified atom stereocenters. The highest BCUT2D eigenvalue weighted by molar-refractivity contribution is 5.68. The molecule has 3 heteroatoms. The number of carboxylic acids is 1. The molecule has 0 amide bonds. The van der Waals surface area contributed by atoms with Crippen molar-refractivity contribution in [1.29, 1.82) is 0 Å². The molecule has 3 nitrogen and oxygen atoms in total. The molecule has 0 aromatic heterocycles. The lowest BCUT2D eigenvalue weighted by Crippen LogP contribution is -2.19. The van der Waals surface area contributed by atoms with Crippen molar-refractivity contribution < 1.29 is 9.90 Å². The van der Waals surface area contributed by atoms with Gasteiger partial charge in [-0.3, -0.25) is 4.79 Å². The summed E-state index contributed by atoms with van der Waals surface area (Å²) in [4.78, 5) is 10.1. The van der Waals surface area contributed by atoms with Crippen molar-refractivity contribution in [2.45, 2.75) is 32.7 Å². The number of hydrogen-bond acceptors (Lipinski definition) is 2. The molecular weight excluding hydrogens is 154 g/mol. The van der Waals surface area contributed by atoms with Gasteiger partial charge in [-0.2, -0.15) is 0 Å². The van der Waals surface area contributed by atoms with Crippen LogP contribution in [0.25, 0.3) is 0 Å². The summed E-state index contributed by atoms with van der Waals surface area (Å²) < 4.78 is 0. The number of carboxylic acid groups (broad SMARTS) is 1. The number of aliphatic carboxylic acids is 1. The van der Waals surface area contributed by atoms with Gasteiger partial charge in [0.25, 0.3) is 0 Å². The molecule has 3 N–H and O–H groups in total. The lowest BCUT2D eigenvalue weighted by Gasteiger charge is -2.08. The Morgan fingerprint density at radius 2 is 2.17 bits per heavy atom. The highest BCUT2D eigenvalue weighted by Gasteiger charge is 2.00. The highest BCUT2D eigenvalue weighted by atomic mass is 16.4. The molecule has 12 heavy (non-hydrogen) atoms. The SMILES string of the molecule is CC(C)CC(N)C=CCC(=O)O. The summed E-state index contributed by atoms with van der Waals surface area (Å²) in [6, 6.07) is -0.00986. The molecule has 0 saturated heterocycles. The predicted molar refractivity (Wildman–Crippen MR) is 48.8 cm³/mol. The van der Waals surface area contributed by atoms with Crippen LogP contribution in [0.1, 0.15) is 26.7 Å². The fraction of sp³-hybridized carbons (Fsp3) is 0.667. The van der Waals surface area contributed by atoms with E-state index < -0.39 is 5.97 Å². The first-order valence-corrected chi connectivity index (χ1v) is 4.16. The van der Waals surface area contributed by atoms with E-state index in [2.05, 4.69) is 13.8 Å². The van der Waals surface area contributed by atoms with Crippen LogP contribution in [0, 0.1) is 5.92 Å². The quantitative estimate of drug-likeness (QED) is 0.614. The zero-order valence-electron chi connectivity index (χ0n) is 7.66. The first-order valence-electron chi connectivity index (χ1n) is 4.16. The number of rotatable bonds is 5. The molecule has 1 atom stereocenters. The van der Waals surface area contributed by atoms with E-state index in [1.165, 1.54) is 0 Å². The van der Waals surface area contributed by atoms with Crippen molar-refractivity contribution in [1.82, 2.24) is 0 Å². The van der Waals surface area contributed by atoms with E-state index in [0.29, 0.717) is 5.92 Å². The summed E-state index contributed by atoms with van der Waals surface area (Å²) in [5, 5.41) is 8.32. The van der Waals surface area contributed by atoms with Crippen molar-refractivity contribution in [3.05, 3.63) is 12.2 Å². The molecule has 0 radical (unpaired) electrons. The number of carbonyl (C=O) groups is 1. The monoisotopic (exact) mass is 171 g/mol. The van der Waals surface area contributed by atoms with Crippen LogP contribution >= 0.6 is 0 Å². The average Bonchev–Trinajstić information content (AvgIpc) is 1.84. The molecule has 0 rings (SSSR count). The molecule has 0 saturated carbocycles. The molecule has 70 valence electrons. The summed E-state index contributed by atoms with van der Waals surface area (Å²) in [5.41, 5.74) is 5.68. The summed E-state index contributed by atoms with van der Waals surface area (Å²) in [5.74, 6) is -0.266. The van der Waals surface area contributed by atoms with E-state index in [9.17, 15) is 4.79 Å². The maximum atomic E-state index is 10.1. The van der Waals surface area contributed by atoms with Gasteiger partial charge in [0.05, 0.1) is 6.42 Å². The maximum absolute atomic E-state index is 10.1. The molecule has 0 aromatic carbocycles. The maximum Gasteiger partial charge on any atom is 0.307 e. The van der Waals surface area contributed by atoms with Crippen molar-refractivity contribution >= 4 is 5.97 Å². The van der Waals surface area contributed by atoms with Gasteiger partial charge in [-0.05, 0) is 12.3 Å². The van der Waals surface area contributed by atoms with Gasteiger partial charge in [0, 0.05) is 6.04 Å². The van der Waals surface area contributed by atoms with E-state index in [0.717, 1.165) is 6.42 Å². The predicted octanol–water partition coefficient (Wildman–Crippen LogP) is 1.39. The third-order valence-corrected chi connectivity index (χ3v) is 1.42. The Labute approximate surface area is 73.3 Å². The third-order valence-electron chi connectivity index (χ3n) is 1.42. The van der Waals surface area contributed by atoms with E-state index in [1.807, 2.05) is 0 Å². The Balaban J connectivity index is 3.60. The van der Waals surface area contributed by atoms with Crippen molar-refractivity contribution in [2.24, 2.45) is 11.7 Å². The van der Waals surface area contributed by atoms with Crippen molar-refractivity contribution in [2.75, 3.05) is 0 Å². The molecule has 0 aromatic rings. The average molecular weight is 171 g/mol. The Bertz CT molecular complexity index is 164. The van der Waals surface area contributed by atoms with Gasteiger partial charge < -0.3 is 10.8 Å². The van der Waals surface area contributed by atoms with Gasteiger partial charge in [-0.15, -0.1) is 0 Å². The van der Waals surface area contributed by atoms with E-state index in [-0.39, 0.29) is 12.5 Å². The van der Waals surface area contributed by atoms with Crippen LogP contribution in [0.2, 0.25) is 0 Å². The van der Waals surface area contributed by atoms with Gasteiger partial charge in [-0.1, -0.05) is 26.0 Å². The summed E-state index contributed by atoms with van der Waals surface area (Å²) in [7, 11) is 0. The second-order valence-corrected chi connectivity index (χ2v) is 3.32. The lowest BCUT2D eigenvalue weighted by molar-refractivity contribution is -0.136. The van der Waals surface area contributed by atoms with Gasteiger partial charge in [0.2, 0.25) is 0 Å². The minimum absolute atomic E-state index is 0.00986. The van der Waals surface area contributed by atoms with Gasteiger partial charge >= 0.3 is 5.97 Å². The lowest BCUT2D eigenvalue weighted by atomic mass is 10.0. The largest absolute Gasteiger partial charge is 0.481 e. The number of hydrogen-bond donors (Lipinski definition) is 2. The third kappa shape index (κ3) is 7.28. The van der Waals surface area contributed by atoms with Gasteiger partial charge in [-0.25, -0.2) is 0 Å². The van der Waals surface area contributed by atoms with Crippen LogP contribution in [-0.4, -0.2) is 17.1 Å². The van der Waals surface area contributed by atoms with Crippen molar-refractivity contribution in [3.8, 4) is 0 Å². The second-order valence-electron chi connectivity index (χ2n) is 3.32. The van der Waals surface area contributed by atoms with Crippen LogP contribution in [0.3, 0.4) is 0 Å². The molecule has 0 aliphatic heterocycles. The molecule has 0 fully saturated rings. The fourth-order valence-corrected chi connectivity index (χ4v) is 0.967. The zero-order chi connectivity index (χ0) is 9.56. The fourth-order valence-electron chi connectivity index (χ4n) is 0.967. The van der Waals surface area contributed by atoms with E-state index >= 15 is 0 Å². The Kier molecular flexibility index (Phi) is 5.37. The molecule has 0 aliphatic rings. The topological polar surface area (TPSA) is 63.3 Å². The van der Waals surface area contributed by atoms with Gasteiger partial charge in [0.15, 0.2) is 0 Å². The van der Waals surface area contributed by atoms with Crippen molar-refractivity contribution in [3.63, 3.8) is 0 Å². The molecular formula is C9H17NO2. The van der Waals surface area contributed by atoms with Crippen LogP contribution < -0.4 is 5.73 Å². The Morgan fingerprint density at radius 3 is 2.58 bits per heavy atom. The minimum Gasteiger partial charge on any atom is -0.481 e. The summed E-state index contributed by atoms with van der Waals surface area (Å²) >= 11 is 0. The Morgan fingerprint density at radius 1 is 1.58 bits per heavy atom. The standard InChI is InChI=1S/C9H17NO2/c1-7(2)6-8(10)4-3-5-9(11)12/h3-4,7-8H,5-6,10H2,1-2H3,(H,11,12). The van der Waals surface area contributed by atoms with Crippen LogP contribution in [-0.2, 0) is 4.79 Å². The Hall–Kier alpha value is -0.830. The molecule has 0 aliphatic carbocycles. The normalized spacial score (nSPS) is 14.0. The van der Waals surface area contributed by atoms with Gasteiger partial charge in [0.1, 0.15) is 0 Å². The zero-order valence-corrected chi connectivity index (χ0v) is 7.66. The highest BCUT2D eigenvalue weighted by Crippen LogP contribution is 2.03. The second kappa shape index (κ2) is 5.77. The summed E-state index contributed by atoms with van der Waals surface area (Å²) in [6.45, 7) is 4.18. The van der Waals surface area contributed by atoms with E-state index in [1.54, 1.807) is 12.2 Å². The first kappa shape index (κ1) is 11.2.